The van der Waals surface area contributed by atoms with Crippen LogP contribution in [0.1, 0.15) is 48.3 Å². The fourth-order valence-electron chi connectivity index (χ4n) is 4.86. The van der Waals surface area contributed by atoms with Crippen molar-refractivity contribution in [3.05, 3.63) is 65.6 Å². The van der Waals surface area contributed by atoms with E-state index in [2.05, 4.69) is 25.0 Å². The van der Waals surface area contributed by atoms with E-state index in [1.165, 1.54) is 13.3 Å². The number of rotatable bonds is 7. The summed E-state index contributed by atoms with van der Waals surface area (Å²) in [6.45, 7) is 4.04. The molecule has 0 saturated heterocycles. The van der Waals surface area contributed by atoms with Crippen molar-refractivity contribution in [1.29, 1.82) is 0 Å². The molecule has 0 N–H and O–H groups in total. The third kappa shape index (κ3) is 4.49. The first kappa shape index (κ1) is 25.0. The highest BCUT2D eigenvalue weighted by molar-refractivity contribution is 5.77. The predicted octanol–water partition coefficient (Wildman–Crippen LogP) is 5.43. The van der Waals surface area contributed by atoms with Crippen LogP contribution in [0.15, 0.2) is 43.0 Å². The summed E-state index contributed by atoms with van der Waals surface area (Å²) >= 11 is 0. The van der Waals surface area contributed by atoms with Crippen LogP contribution in [0.4, 0.5) is 13.2 Å². The zero-order chi connectivity index (χ0) is 27.3. The third-order valence-electron chi connectivity index (χ3n) is 6.95. The van der Waals surface area contributed by atoms with Crippen molar-refractivity contribution in [1.82, 2.24) is 39.3 Å². The summed E-state index contributed by atoms with van der Waals surface area (Å²) < 4.78 is 49.1. The lowest BCUT2D eigenvalue weighted by Gasteiger charge is -2.11. The Labute approximate surface area is 221 Å². The maximum atomic E-state index is 13.4. The molecular formula is C27H25F3N8O. The number of methoxy groups -OCH3 is 1. The molecule has 0 radical (unpaired) electrons. The van der Waals surface area contributed by atoms with E-state index in [0.717, 1.165) is 29.5 Å². The second-order valence-corrected chi connectivity index (χ2v) is 9.50. The van der Waals surface area contributed by atoms with Crippen molar-refractivity contribution < 1.29 is 17.9 Å². The summed E-state index contributed by atoms with van der Waals surface area (Å²) in [5, 5.41) is 5.28. The molecule has 0 unspecified atom stereocenters. The molecule has 4 heterocycles. The lowest BCUT2D eigenvalue weighted by atomic mass is 10.1. The fourth-order valence-corrected chi connectivity index (χ4v) is 4.86. The highest BCUT2D eigenvalue weighted by atomic mass is 19.4. The summed E-state index contributed by atoms with van der Waals surface area (Å²) in [5.41, 5.74) is 2.99. The van der Waals surface area contributed by atoms with Gasteiger partial charge in [0.15, 0.2) is 17.2 Å². The summed E-state index contributed by atoms with van der Waals surface area (Å²) in [6, 6.07) is 7.29. The van der Waals surface area contributed by atoms with Gasteiger partial charge in [0.05, 0.1) is 30.9 Å². The van der Waals surface area contributed by atoms with E-state index in [1.54, 1.807) is 47.8 Å². The van der Waals surface area contributed by atoms with Crippen molar-refractivity contribution in [2.45, 2.75) is 51.9 Å². The van der Waals surface area contributed by atoms with Gasteiger partial charge in [0.25, 0.3) is 0 Å². The monoisotopic (exact) mass is 534 g/mol. The maximum Gasteiger partial charge on any atom is 0.435 e. The van der Waals surface area contributed by atoms with Crippen LogP contribution in [-0.2, 0) is 19.3 Å². The van der Waals surface area contributed by atoms with Crippen molar-refractivity contribution in [3.8, 4) is 28.7 Å². The van der Waals surface area contributed by atoms with E-state index in [1.807, 2.05) is 12.1 Å². The second kappa shape index (κ2) is 9.44. The van der Waals surface area contributed by atoms with Gasteiger partial charge < -0.3 is 9.30 Å². The van der Waals surface area contributed by atoms with Crippen molar-refractivity contribution >= 4 is 11.0 Å². The van der Waals surface area contributed by atoms with E-state index in [9.17, 15) is 13.2 Å². The molecule has 1 saturated carbocycles. The number of imidazole rings is 1. The third-order valence-corrected chi connectivity index (χ3v) is 6.95. The Balaban J connectivity index is 1.32. The van der Waals surface area contributed by atoms with Gasteiger partial charge in [0.1, 0.15) is 17.7 Å². The minimum absolute atomic E-state index is 0.105. The van der Waals surface area contributed by atoms with Gasteiger partial charge in [0, 0.05) is 29.9 Å². The van der Waals surface area contributed by atoms with E-state index in [-0.39, 0.29) is 5.69 Å². The molecule has 39 heavy (non-hydrogen) atoms. The Bertz CT molecular complexity index is 1670. The predicted molar refractivity (Wildman–Crippen MR) is 137 cm³/mol. The number of halogens is 3. The molecule has 6 rings (SSSR count). The Kier molecular flexibility index (Phi) is 6.04. The van der Waals surface area contributed by atoms with Crippen molar-refractivity contribution in [2.75, 3.05) is 7.11 Å². The van der Waals surface area contributed by atoms with Crippen LogP contribution in [0.5, 0.6) is 5.88 Å². The van der Waals surface area contributed by atoms with E-state index < -0.39 is 11.9 Å². The van der Waals surface area contributed by atoms with E-state index in [4.69, 9.17) is 9.72 Å². The number of ether oxygens (including phenoxy) is 1. The highest BCUT2D eigenvalue weighted by Gasteiger charge is 2.37. The minimum Gasteiger partial charge on any atom is -0.480 e. The molecule has 0 aliphatic heterocycles. The molecule has 0 bridgehead atoms. The number of fused-ring (bicyclic) bond motifs is 1. The van der Waals surface area contributed by atoms with Crippen LogP contribution in [0.3, 0.4) is 0 Å². The van der Waals surface area contributed by atoms with Gasteiger partial charge >= 0.3 is 6.18 Å². The van der Waals surface area contributed by atoms with Gasteiger partial charge in [-0.25, -0.2) is 29.6 Å². The van der Waals surface area contributed by atoms with Crippen LogP contribution in [0.25, 0.3) is 33.8 Å². The van der Waals surface area contributed by atoms with Crippen LogP contribution in [0.2, 0.25) is 0 Å². The van der Waals surface area contributed by atoms with Gasteiger partial charge in [-0.2, -0.15) is 18.3 Å². The fraction of sp³-hybridized carbons (Fsp3) is 0.333. The average Bonchev–Trinajstić information content (AvgIpc) is 3.62. The standard InChI is InChI=1S/C27H25F3N8O/c1-4-37-15(2)22(27(28,29)30)35-24(37)18-7-5-16(6-8-18)13-38-25-19(12-34-38)11-31-23(36-25)20-21(17-9-10-17)32-14-33-26(20)39-3/h5-8,11-12,14,17H,4,9-10,13H2,1-3H3. The van der Waals surface area contributed by atoms with E-state index in [0.29, 0.717) is 53.3 Å². The van der Waals surface area contributed by atoms with Crippen molar-refractivity contribution in [2.24, 2.45) is 0 Å². The normalized spacial score (nSPS) is 13.8. The van der Waals surface area contributed by atoms with Gasteiger partial charge in [0.2, 0.25) is 5.88 Å². The lowest BCUT2D eigenvalue weighted by molar-refractivity contribution is -0.141. The average molecular weight is 535 g/mol. The first-order chi connectivity index (χ1) is 18.8. The number of hydrogen-bond acceptors (Lipinski definition) is 7. The summed E-state index contributed by atoms with van der Waals surface area (Å²) in [6.07, 6.45) is 2.53. The van der Waals surface area contributed by atoms with Gasteiger partial charge in [-0.15, -0.1) is 0 Å². The van der Waals surface area contributed by atoms with Crippen LogP contribution in [-0.4, -0.2) is 46.4 Å². The molecule has 0 amide bonds. The molecule has 1 aliphatic carbocycles. The summed E-state index contributed by atoms with van der Waals surface area (Å²) in [4.78, 5) is 22.0. The number of nitrogens with zero attached hydrogens (tertiary/aromatic N) is 8. The molecule has 9 nitrogen and oxygen atoms in total. The Morgan fingerprint density at radius 1 is 1.03 bits per heavy atom. The van der Waals surface area contributed by atoms with E-state index >= 15 is 0 Å². The van der Waals surface area contributed by atoms with Gasteiger partial charge in [-0.1, -0.05) is 24.3 Å². The molecule has 0 spiro atoms. The molecule has 1 aromatic carbocycles. The number of hydrogen-bond donors (Lipinski definition) is 0. The molecule has 1 fully saturated rings. The zero-order valence-electron chi connectivity index (χ0n) is 21.6. The van der Waals surface area contributed by atoms with Crippen LogP contribution >= 0.6 is 0 Å². The first-order valence-corrected chi connectivity index (χ1v) is 12.6. The molecular weight excluding hydrogens is 509 g/mol. The number of alkyl halides is 3. The lowest BCUT2D eigenvalue weighted by Crippen LogP contribution is -2.08. The smallest absolute Gasteiger partial charge is 0.435 e. The maximum absolute atomic E-state index is 13.4. The highest BCUT2D eigenvalue weighted by Crippen LogP contribution is 2.45. The van der Waals surface area contributed by atoms with Crippen molar-refractivity contribution in [3.63, 3.8) is 0 Å². The van der Waals surface area contributed by atoms with Crippen LogP contribution < -0.4 is 4.74 Å². The molecule has 12 heteroatoms. The first-order valence-electron chi connectivity index (χ1n) is 12.6. The Hall–Kier alpha value is -4.35. The number of benzene rings is 1. The topological polar surface area (TPSA) is 96.4 Å². The Morgan fingerprint density at radius 3 is 2.46 bits per heavy atom. The summed E-state index contributed by atoms with van der Waals surface area (Å²) in [5.74, 6) is 1.55. The molecule has 1 aliphatic rings. The van der Waals surface area contributed by atoms with Crippen LogP contribution in [0, 0.1) is 6.92 Å². The molecule has 0 atom stereocenters. The Morgan fingerprint density at radius 2 is 1.79 bits per heavy atom. The summed E-state index contributed by atoms with van der Waals surface area (Å²) in [7, 11) is 1.56. The minimum atomic E-state index is -4.50. The van der Waals surface area contributed by atoms with Gasteiger partial charge in [-0.3, -0.25) is 0 Å². The number of aromatic nitrogens is 8. The molecule has 200 valence electrons. The second-order valence-electron chi connectivity index (χ2n) is 9.50. The molecule has 5 aromatic rings. The largest absolute Gasteiger partial charge is 0.480 e. The SMILES string of the molecule is CCn1c(-c2ccc(Cn3ncc4cnc(-c5c(OC)ncnc5C5CC5)nc43)cc2)nc(C(F)(F)F)c1C. The van der Waals surface area contributed by atoms with Gasteiger partial charge in [-0.05, 0) is 32.3 Å². The zero-order valence-corrected chi connectivity index (χ0v) is 21.6. The quantitative estimate of drug-likeness (QED) is 0.275. The molecule has 4 aromatic heterocycles.